The van der Waals surface area contributed by atoms with Gasteiger partial charge >= 0.3 is 112 Å². The predicted octanol–water partition coefficient (Wildman–Crippen LogP) is 0.355. The van der Waals surface area contributed by atoms with Gasteiger partial charge in [0.05, 0.1) is 0 Å². The summed E-state index contributed by atoms with van der Waals surface area (Å²) in [5.41, 5.74) is 0. The molecule has 0 saturated carbocycles. The Labute approximate surface area is 156 Å². The van der Waals surface area contributed by atoms with Crippen LogP contribution in [0.2, 0.25) is 0 Å². The number of carboxylic acid groups (broad SMARTS) is 2. The Hall–Kier alpha value is 0.0401. The summed E-state index contributed by atoms with van der Waals surface area (Å²) in [6.07, 6.45) is 0. The zero-order valence-corrected chi connectivity index (χ0v) is 23.8. The first-order valence-electron chi connectivity index (χ1n) is 4.98. The van der Waals surface area contributed by atoms with Gasteiger partial charge in [0.2, 0.25) is 0 Å². The minimum absolute atomic E-state index is 0.364. The van der Waals surface area contributed by atoms with Crippen molar-refractivity contribution < 1.29 is 86.0 Å². The summed E-state index contributed by atoms with van der Waals surface area (Å²) in [7, 11) is 1.36. The van der Waals surface area contributed by atoms with E-state index in [-0.39, 0.29) is 5.97 Å². The van der Waals surface area contributed by atoms with Gasteiger partial charge in [-0.1, -0.05) is 0 Å². The zero-order chi connectivity index (χ0) is 16.5. The van der Waals surface area contributed by atoms with Crippen molar-refractivity contribution in [2.24, 2.45) is 0 Å². The van der Waals surface area contributed by atoms with Gasteiger partial charge in [0.25, 0.3) is 11.9 Å². The molecule has 0 aliphatic heterocycles. The average Bonchev–Trinajstić information content (AvgIpc) is 2.54. The number of hydrogen-bond acceptors (Lipinski definition) is 5. The molecule has 0 aromatic carbocycles. The number of rotatable bonds is 1. The van der Waals surface area contributed by atoms with Crippen molar-refractivity contribution in [1.82, 2.24) is 0 Å². The van der Waals surface area contributed by atoms with Crippen LogP contribution in [0.25, 0.3) is 0 Å². The Balaban J connectivity index is 0. The number of aliphatic carboxylic acids is 2. The summed E-state index contributed by atoms with van der Waals surface area (Å²) in [6.45, 7) is 2.17. The third kappa shape index (κ3) is 10.8. The van der Waals surface area contributed by atoms with Crippen LogP contribution >= 0.6 is 15.9 Å². The van der Waals surface area contributed by atoms with Gasteiger partial charge in [-0.05, 0) is 0 Å². The first-order valence-corrected chi connectivity index (χ1v) is 11.3. The second kappa shape index (κ2) is 11.7. The molecule has 0 aliphatic rings. The van der Waals surface area contributed by atoms with E-state index in [1.54, 1.807) is 0 Å². The molecule has 0 fully saturated rings. The molecule has 0 spiro atoms. The topological polar surface area (TPSA) is 114 Å². The molecule has 1 heterocycles. The molecule has 10 heteroatoms. The van der Waals surface area contributed by atoms with E-state index in [0.29, 0.717) is 58.0 Å². The van der Waals surface area contributed by atoms with Crippen LogP contribution in [-0.4, -0.2) is 35.2 Å². The monoisotopic (exact) mass is 726 g/mol. The number of ether oxygens (including phenoxy) is 1. The summed E-state index contributed by atoms with van der Waals surface area (Å²) >= 11 is 4.17. The van der Waals surface area contributed by atoms with Crippen molar-refractivity contribution >= 4 is 40.0 Å². The fourth-order valence-corrected chi connectivity index (χ4v) is 4.50. The average molecular weight is 724 g/mol. The molecule has 1 aromatic heterocycles. The Kier molecular flexibility index (Phi) is 13.0. The summed E-state index contributed by atoms with van der Waals surface area (Å²) in [5.74, 6) is -1.63. The van der Waals surface area contributed by atoms with Crippen molar-refractivity contribution in [3.05, 3.63) is 10.4 Å². The van der Waals surface area contributed by atoms with Crippen LogP contribution in [-0.2, 0) is 66.6 Å². The molecule has 0 bridgehead atoms. The SMILES string of the molecule is CC(=O)O.CC(=O)O.COC(=O)c1oc(Br)[c]([Hg])[c]1[Hg]. The van der Waals surface area contributed by atoms with Gasteiger partial charge < -0.3 is 10.2 Å². The molecular formula is C10H11BrHg2O7. The number of carboxylic acids is 2. The van der Waals surface area contributed by atoms with E-state index in [4.69, 9.17) is 24.2 Å². The third-order valence-electron chi connectivity index (χ3n) is 1.44. The third-order valence-corrected chi connectivity index (χ3v) is 17.5. The number of carbonyl (C=O) groups is 3. The fraction of sp³-hybridized carbons (Fsp3) is 0.300. The van der Waals surface area contributed by atoms with Crippen LogP contribution in [0.3, 0.4) is 0 Å². The Morgan fingerprint density at radius 2 is 1.45 bits per heavy atom. The van der Waals surface area contributed by atoms with E-state index in [2.05, 4.69) is 20.7 Å². The number of halogens is 1. The van der Waals surface area contributed by atoms with Crippen molar-refractivity contribution in [2.75, 3.05) is 7.11 Å². The molecule has 1 aromatic rings. The number of carbonyl (C=O) groups excluding carboxylic acids is 1. The van der Waals surface area contributed by atoms with Crippen molar-refractivity contribution in [3.8, 4) is 0 Å². The van der Waals surface area contributed by atoms with Crippen LogP contribution in [0.1, 0.15) is 24.4 Å². The molecule has 0 atom stereocenters. The molecule has 7 nitrogen and oxygen atoms in total. The molecule has 1 rings (SSSR count). The van der Waals surface area contributed by atoms with Crippen LogP contribution in [0.4, 0.5) is 0 Å². The molecule has 0 saturated heterocycles. The second-order valence-corrected chi connectivity index (χ2v) is 9.41. The van der Waals surface area contributed by atoms with E-state index < -0.39 is 11.9 Å². The fourth-order valence-electron chi connectivity index (χ4n) is 0.726. The van der Waals surface area contributed by atoms with Gasteiger partial charge in [0, 0.05) is 13.8 Å². The summed E-state index contributed by atoms with van der Waals surface area (Å²) in [5, 5.41) is 14.8. The van der Waals surface area contributed by atoms with E-state index in [9.17, 15) is 4.79 Å². The van der Waals surface area contributed by atoms with E-state index >= 15 is 0 Å². The Morgan fingerprint density at radius 3 is 1.65 bits per heavy atom. The first-order chi connectivity index (χ1) is 9.04. The quantitative estimate of drug-likeness (QED) is 0.318. The predicted molar refractivity (Wildman–Crippen MR) is 63.6 cm³/mol. The zero-order valence-electron chi connectivity index (χ0n) is 11.2. The number of methoxy groups -OCH3 is 1. The summed E-state index contributed by atoms with van der Waals surface area (Å²) in [4.78, 5) is 29.1. The van der Waals surface area contributed by atoms with Crippen molar-refractivity contribution in [2.45, 2.75) is 13.8 Å². The van der Waals surface area contributed by atoms with Gasteiger partial charge in [0.15, 0.2) is 0 Å². The first kappa shape index (κ1) is 22.3. The van der Waals surface area contributed by atoms with Crippen LogP contribution in [0, 0.1) is 0 Å². The molecule has 0 radical (unpaired) electrons. The molecule has 104 valence electrons. The molecule has 0 unspecified atom stereocenters. The molecular weight excluding hydrogens is 713 g/mol. The van der Waals surface area contributed by atoms with Gasteiger partial charge in [-0.25, -0.2) is 0 Å². The van der Waals surface area contributed by atoms with Crippen molar-refractivity contribution in [1.29, 1.82) is 0 Å². The normalized spacial score (nSPS) is 8.60. The number of hydrogen-bond donors (Lipinski definition) is 2. The summed E-state index contributed by atoms with van der Waals surface area (Å²) in [6, 6.07) is 0. The number of esters is 1. The number of furan rings is 1. The second-order valence-electron chi connectivity index (χ2n) is 3.19. The van der Waals surface area contributed by atoms with E-state index in [0.717, 1.165) is 21.6 Å². The van der Waals surface area contributed by atoms with E-state index in [1.165, 1.54) is 10.2 Å². The molecule has 0 aliphatic carbocycles. The van der Waals surface area contributed by atoms with Gasteiger partial charge in [0.1, 0.15) is 0 Å². The molecule has 20 heavy (non-hydrogen) atoms. The Morgan fingerprint density at radius 1 is 1.10 bits per heavy atom. The van der Waals surface area contributed by atoms with Crippen molar-refractivity contribution in [3.63, 3.8) is 0 Å². The van der Waals surface area contributed by atoms with Gasteiger partial charge in [-0.3, -0.25) is 9.59 Å². The Bertz CT molecular complexity index is 464. The maximum absolute atomic E-state index is 11.1. The standard InChI is InChI=1S/C6H3BrO3.2C2H4O2.2Hg/c1-9-6(8)4-2-3-5(7)10-4;2*1-2(3)4;;/h1H3;2*1H3,(H,3,4);;. The van der Waals surface area contributed by atoms with Gasteiger partial charge in [-0.15, -0.1) is 0 Å². The van der Waals surface area contributed by atoms with E-state index in [1.807, 2.05) is 0 Å². The summed E-state index contributed by atoms with van der Waals surface area (Å²) < 4.78 is 12.8. The maximum atomic E-state index is 11.1. The minimum atomic E-state index is -0.833. The molecule has 0 amide bonds. The van der Waals surface area contributed by atoms with Gasteiger partial charge in [-0.2, -0.15) is 0 Å². The van der Waals surface area contributed by atoms with Crippen LogP contribution < -0.4 is 6.14 Å². The molecule has 2 N–H and O–H groups in total. The van der Waals surface area contributed by atoms with Crippen LogP contribution in [0.15, 0.2) is 9.09 Å². The van der Waals surface area contributed by atoms with Crippen LogP contribution in [0.5, 0.6) is 0 Å².